The van der Waals surface area contributed by atoms with Crippen molar-refractivity contribution in [1.29, 1.82) is 5.26 Å². The molecule has 3 rings (SSSR count). The Hall–Kier alpha value is -3.43. The third-order valence-electron chi connectivity index (χ3n) is 4.80. The predicted molar refractivity (Wildman–Crippen MR) is 117 cm³/mol. The fourth-order valence-electron chi connectivity index (χ4n) is 3.21. The number of hydrogen-bond acceptors (Lipinski definition) is 3. The highest BCUT2D eigenvalue weighted by molar-refractivity contribution is 6.36. The van der Waals surface area contributed by atoms with Crippen molar-refractivity contribution in [2.45, 2.75) is 24.9 Å². The zero-order valence-corrected chi connectivity index (χ0v) is 18.8. The van der Waals surface area contributed by atoms with Crippen LogP contribution in [0.25, 0.3) is 0 Å². The van der Waals surface area contributed by atoms with Gasteiger partial charge in [0, 0.05) is 24.0 Å². The summed E-state index contributed by atoms with van der Waals surface area (Å²) < 4.78 is 82.4. The number of rotatable bonds is 5. The van der Waals surface area contributed by atoms with Crippen LogP contribution in [0.2, 0.25) is 10.0 Å². The molecule has 0 saturated heterocycles. The summed E-state index contributed by atoms with van der Waals surface area (Å²) in [5, 5.41) is 10.1. The molecule has 0 radical (unpaired) electrons. The molecule has 0 bridgehead atoms. The van der Waals surface area contributed by atoms with Gasteiger partial charge in [0.25, 0.3) is 0 Å². The van der Waals surface area contributed by atoms with E-state index < -0.39 is 41.0 Å². The molecule has 0 amide bonds. The average Bonchev–Trinajstić information content (AvgIpc) is 3.27. The minimum Gasteiger partial charge on any atom is -0.369 e. The van der Waals surface area contributed by atoms with E-state index in [0.29, 0.717) is 17.0 Å². The molecule has 3 aromatic rings. The number of benzene rings is 2. The van der Waals surface area contributed by atoms with Gasteiger partial charge in [-0.25, -0.2) is 14.9 Å². The van der Waals surface area contributed by atoms with E-state index in [2.05, 4.69) is 9.98 Å². The van der Waals surface area contributed by atoms with Gasteiger partial charge in [0.1, 0.15) is 0 Å². The lowest BCUT2D eigenvalue weighted by Gasteiger charge is -2.29. The first-order valence-electron chi connectivity index (χ1n) is 9.53. The summed E-state index contributed by atoms with van der Waals surface area (Å²) in [5.41, 5.74) is 2.35. The molecular formula is C21H14Cl2F6N6. The monoisotopic (exact) mass is 534 g/mol. The third kappa shape index (κ3) is 6.17. The molecule has 0 aliphatic heterocycles. The lowest BCUT2D eigenvalue weighted by molar-refractivity contribution is -0.143. The second kappa shape index (κ2) is 10.1. The van der Waals surface area contributed by atoms with Crippen LogP contribution in [0, 0.1) is 11.5 Å². The van der Waals surface area contributed by atoms with Crippen LogP contribution in [-0.2, 0) is 18.9 Å². The average molecular weight is 535 g/mol. The van der Waals surface area contributed by atoms with Crippen molar-refractivity contribution >= 4 is 34.8 Å². The van der Waals surface area contributed by atoms with Crippen LogP contribution in [0.5, 0.6) is 0 Å². The van der Waals surface area contributed by atoms with Crippen LogP contribution < -0.4 is 5.73 Å². The fraction of sp³-hybridized carbons (Fsp3) is 0.190. The van der Waals surface area contributed by atoms with Gasteiger partial charge in [0.2, 0.25) is 5.96 Å². The van der Waals surface area contributed by atoms with E-state index in [1.165, 1.54) is 41.5 Å². The normalized spacial score (nSPS) is 13.4. The van der Waals surface area contributed by atoms with Gasteiger partial charge in [-0.3, -0.25) is 0 Å². The molecule has 6 nitrogen and oxygen atoms in total. The van der Waals surface area contributed by atoms with Crippen LogP contribution in [0.15, 0.2) is 60.1 Å². The predicted octanol–water partition coefficient (Wildman–Crippen LogP) is 6.40. The van der Waals surface area contributed by atoms with Crippen LogP contribution in [0.3, 0.4) is 0 Å². The van der Waals surface area contributed by atoms with Gasteiger partial charge in [-0.15, -0.1) is 0 Å². The highest BCUT2D eigenvalue weighted by atomic mass is 35.5. The highest BCUT2D eigenvalue weighted by Crippen LogP contribution is 2.41. The van der Waals surface area contributed by atoms with E-state index in [4.69, 9.17) is 28.9 Å². The largest absolute Gasteiger partial charge is 0.416 e. The number of nitrogens with zero attached hydrogens (tertiary/aromatic N) is 5. The van der Waals surface area contributed by atoms with Crippen LogP contribution >= 0.6 is 23.2 Å². The molecule has 2 aromatic carbocycles. The van der Waals surface area contributed by atoms with Gasteiger partial charge < -0.3 is 10.3 Å². The Morgan fingerprint density at radius 2 is 1.83 bits per heavy atom. The van der Waals surface area contributed by atoms with Gasteiger partial charge in [-0.05, 0) is 35.9 Å². The maximum absolute atomic E-state index is 13.9. The number of aliphatic imine (C=N–C) groups is 1. The molecule has 184 valence electrons. The summed E-state index contributed by atoms with van der Waals surface area (Å²) in [6.45, 7) is -0.327. The van der Waals surface area contributed by atoms with Crippen molar-refractivity contribution in [2.75, 3.05) is 0 Å². The zero-order chi connectivity index (χ0) is 26.0. The topological polar surface area (TPSA) is 83.2 Å². The molecule has 1 aromatic heterocycles. The first kappa shape index (κ1) is 26.2. The third-order valence-corrected chi connectivity index (χ3v) is 5.34. The standard InChI is InChI=1S/C21H14Cl2F6N6/c22-13-2-4-17(16(23)8-13)33-19(31)35(10-30)18(9-34-6-5-32-11-34)14-3-1-12(20(24,25)26)7-15(14)21(27,28)29/h1-8,11,18H,9H2,(H2,31,33). The molecule has 35 heavy (non-hydrogen) atoms. The van der Waals surface area contributed by atoms with Gasteiger partial charge in [0.15, 0.2) is 6.19 Å². The van der Waals surface area contributed by atoms with Gasteiger partial charge in [0.05, 0.1) is 34.2 Å². The number of guanidine groups is 1. The molecule has 0 fully saturated rings. The Morgan fingerprint density at radius 3 is 2.37 bits per heavy atom. The van der Waals surface area contributed by atoms with E-state index in [1.54, 1.807) is 6.19 Å². The van der Waals surface area contributed by atoms with Crippen LogP contribution in [0.4, 0.5) is 32.0 Å². The number of hydrogen-bond donors (Lipinski definition) is 1. The lowest BCUT2D eigenvalue weighted by atomic mass is 9.96. The minimum atomic E-state index is -5.17. The van der Waals surface area contributed by atoms with Crippen molar-refractivity contribution in [3.05, 3.63) is 81.9 Å². The summed E-state index contributed by atoms with van der Waals surface area (Å²) in [6, 6.07) is 3.79. The number of aromatic nitrogens is 2. The first-order chi connectivity index (χ1) is 16.3. The number of nitrogens with two attached hydrogens (primary N) is 1. The van der Waals surface area contributed by atoms with Crippen molar-refractivity contribution < 1.29 is 26.3 Å². The minimum absolute atomic E-state index is 0.00477. The fourth-order valence-corrected chi connectivity index (χ4v) is 3.66. The Labute approximate surface area is 204 Å². The van der Waals surface area contributed by atoms with Crippen LogP contribution in [0.1, 0.15) is 22.7 Å². The molecule has 0 spiro atoms. The highest BCUT2D eigenvalue weighted by Gasteiger charge is 2.41. The summed E-state index contributed by atoms with van der Waals surface area (Å²) in [4.78, 5) is 8.48. The van der Waals surface area contributed by atoms with Gasteiger partial charge >= 0.3 is 12.4 Å². The van der Waals surface area contributed by atoms with Gasteiger partial charge in [-0.2, -0.15) is 31.6 Å². The van der Waals surface area contributed by atoms with E-state index in [0.717, 1.165) is 0 Å². The smallest absolute Gasteiger partial charge is 0.369 e. The number of imidazole rings is 1. The van der Waals surface area contributed by atoms with E-state index in [-0.39, 0.29) is 28.3 Å². The first-order valence-corrected chi connectivity index (χ1v) is 10.3. The van der Waals surface area contributed by atoms with Crippen LogP contribution in [-0.4, -0.2) is 20.4 Å². The van der Waals surface area contributed by atoms with E-state index in [9.17, 15) is 31.6 Å². The Kier molecular flexibility index (Phi) is 7.52. The van der Waals surface area contributed by atoms with Crippen molar-refractivity contribution in [2.24, 2.45) is 10.7 Å². The Balaban J connectivity index is 2.18. The maximum atomic E-state index is 13.9. The van der Waals surface area contributed by atoms with Crippen molar-refractivity contribution in [3.63, 3.8) is 0 Å². The molecule has 1 unspecified atom stereocenters. The summed E-state index contributed by atoms with van der Waals surface area (Å²) in [5.74, 6) is -0.546. The molecule has 14 heteroatoms. The summed E-state index contributed by atoms with van der Waals surface area (Å²) in [7, 11) is 0. The molecular weight excluding hydrogens is 521 g/mol. The molecule has 1 heterocycles. The van der Waals surface area contributed by atoms with E-state index >= 15 is 0 Å². The van der Waals surface area contributed by atoms with Gasteiger partial charge in [-0.1, -0.05) is 29.3 Å². The zero-order valence-electron chi connectivity index (χ0n) is 17.3. The molecule has 0 aliphatic rings. The molecule has 0 saturated carbocycles. The summed E-state index contributed by atoms with van der Waals surface area (Å²) in [6.07, 6.45) is -4.50. The second-order valence-corrected chi connectivity index (χ2v) is 7.95. The van der Waals surface area contributed by atoms with Crippen molar-refractivity contribution in [1.82, 2.24) is 14.5 Å². The molecule has 2 N–H and O–H groups in total. The number of halogens is 8. The number of alkyl halides is 6. The second-order valence-electron chi connectivity index (χ2n) is 7.11. The Morgan fingerprint density at radius 1 is 1.11 bits per heavy atom. The maximum Gasteiger partial charge on any atom is 0.416 e. The Bertz CT molecular complexity index is 1260. The lowest BCUT2D eigenvalue weighted by Crippen LogP contribution is -2.39. The number of nitriles is 1. The quantitative estimate of drug-likeness (QED) is 0.135. The van der Waals surface area contributed by atoms with Crippen molar-refractivity contribution in [3.8, 4) is 6.19 Å². The molecule has 1 atom stereocenters. The molecule has 0 aliphatic carbocycles. The SMILES string of the molecule is N#CN(C(N)=Nc1ccc(Cl)cc1Cl)C(Cn1ccnc1)c1ccc(C(F)(F)F)cc1C(F)(F)F. The summed E-state index contributed by atoms with van der Waals surface area (Å²) >= 11 is 11.9. The van der Waals surface area contributed by atoms with E-state index in [1.807, 2.05) is 0 Å².